The number of nitrogens with one attached hydrogen (secondary N) is 3. The zero-order valence-electron chi connectivity index (χ0n) is 31.1. The van der Waals surface area contributed by atoms with E-state index in [4.69, 9.17) is 4.74 Å². The van der Waals surface area contributed by atoms with Crippen molar-refractivity contribution >= 4 is 51.9 Å². The van der Waals surface area contributed by atoms with Gasteiger partial charge in [0.1, 0.15) is 5.75 Å². The number of hydrogen-bond acceptors (Lipinski definition) is 12. The van der Waals surface area contributed by atoms with Crippen molar-refractivity contribution in [1.82, 2.24) is 34.4 Å². The first-order chi connectivity index (χ1) is 26.5. The molecule has 4 aromatic heterocycles. The van der Waals surface area contributed by atoms with Gasteiger partial charge in [-0.2, -0.15) is 0 Å². The van der Waals surface area contributed by atoms with Crippen molar-refractivity contribution in [1.29, 1.82) is 0 Å². The molecule has 3 aromatic carbocycles. The Kier molecular flexibility index (Phi) is 11.9. The third-order valence-electron chi connectivity index (χ3n) is 8.73. The molecule has 0 aliphatic carbocycles. The van der Waals surface area contributed by atoms with Crippen LogP contribution in [0, 0.1) is 20.8 Å². The van der Waals surface area contributed by atoms with Gasteiger partial charge in [-0.3, -0.25) is 14.4 Å². The summed E-state index contributed by atoms with van der Waals surface area (Å²) in [5, 5.41) is 9.34. The van der Waals surface area contributed by atoms with Gasteiger partial charge in [0.15, 0.2) is 0 Å². The number of amides is 1. The van der Waals surface area contributed by atoms with Crippen molar-refractivity contribution in [3.63, 3.8) is 0 Å². The Bertz CT molecular complexity index is 2580. The number of ether oxygens (including phenoxy) is 1. The molecule has 4 heterocycles. The van der Waals surface area contributed by atoms with Gasteiger partial charge in [0, 0.05) is 67.4 Å². The van der Waals surface area contributed by atoms with Crippen LogP contribution in [0.25, 0.3) is 21.1 Å². The Labute approximate surface area is 325 Å². The van der Waals surface area contributed by atoms with Crippen LogP contribution < -0.4 is 30.4 Å². The Morgan fingerprint density at radius 1 is 0.727 bits per heavy atom. The maximum atomic E-state index is 12.2. The molecule has 7 aromatic rings. The molecule has 0 fully saturated rings. The predicted octanol–water partition coefficient (Wildman–Crippen LogP) is 7.16. The van der Waals surface area contributed by atoms with E-state index in [2.05, 4.69) is 35.9 Å². The summed E-state index contributed by atoms with van der Waals surface area (Å²) in [6.45, 7) is 6.21. The smallest absolute Gasteiger partial charge is 0.307 e. The zero-order chi connectivity index (χ0) is 39.1. The molecule has 55 heavy (non-hydrogen) atoms. The van der Waals surface area contributed by atoms with Gasteiger partial charge >= 0.3 is 9.75 Å². The molecule has 3 N–H and O–H groups in total. The summed E-state index contributed by atoms with van der Waals surface area (Å²) in [5.74, 6) is 1.56. The molecule has 0 spiro atoms. The van der Waals surface area contributed by atoms with E-state index in [1.54, 1.807) is 60.9 Å². The molecule has 280 valence electrons. The summed E-state index contributed by atoms with van der Waals surface area (Å²) in [5.41, 5.74) is 7.51. The van der Waals surface area contributed by atoms with E-state index in [0.717, 1.165) is 55.1 Å². The average molecular weight is 774 g/mol. The molecule has 0 saturated heterocycles. The lowest BCUT2D eigenvalue weighted by atomic mass is 10.2. The van der Waals surface area contributed by atoms with Crippen LogP contribution >= 0.6 is 22.7 Å². The van der Waals surface area contributed by atoms with Gasteiger partial charge in [-0.25, -0.2) is 19.9 Å². The molecular weight excluding hydrogens is 735 g/mol. The number of aryl methyl sites for hydroxylation is 1. The van der Waals surface area contributed by atoms with Crippen LogP contribution in [-0.2, 0) is 20.6 Å². The van der Waals surface area contributed by atoms with Crippen molar-refractivity contribution in [3.05, 3.63) is 145 Å². The fourth-order valence-corrected chi connectivity index (χ4v) is 7.25. The van der Waals surface area contributed by atoms with Crippen LogP contribution in [0.2, 0.25) is 0 Å². The van der Waals surface area contributed by atoms with Crippen LogP contribution in [0.4, 0.5) is 23.3 Å². The Morgan fingerprint density at radius 2 is 1.33 bits per heavy atom. The fraction of sp³-hybridized carbons (Fsp3) is 0.175. The lowest BCUT2D eigenvalue weighted by molar-refractivity contribution is 0.0951. The van der Waals surface area contributed by atoms with Crippen molar-refractivity contribution in [2.24, 2.45) is 14.1 Å². The van der Waals surface area contributed by atoms with Gasteiger partial charge in [-0.1, -0.05) is 59.1 Å². The minimum absolute atomic E-state index is 0.000684. The fourth-order valence-electron chi connectivity index (χ4n) is 5.35. The van der Waals surface area contributed by atoms with Gasteiger partial charge < -0.3 is 29.8 Å². The molecule has 0 aliphatic heterocycles. The summed E-state index contributed by atoms with van der Waals surface area (Å²) >= 11 is 2.36. The predicted molar refractivity (Wildman–Crippen MR) is 219 cm³/mol. The molecule has 0 atom stereocenters. The lowest BCUT2D eigenvalue weighted by Crippen LogP contribution is -2.22. The summed E-state index contributed by atoms with van der Waals surface area (Å²) in [7, 11) is 5.14. The number of rotatable bonds is 10. The minimum Gasteiger partial charge on any atom is -0.497 e. The highest BCUT2D eigenvalue weighted by Gasteiger charge is 2.14. The van der Waals surface area contributed by atoms with Crippen LogP contribution in [0.3, 0.4) is 0 Å². The van der Waals surface area contributed by atoms with Crippen LogP contribution in [0.1, 0.15) is 32.9 Å². The summed E-state index contributed by atoms with van der Waals surface area (Å²) in [4.78, 5) is 55.4. The number of thiazole rings is 2. The monoisotopic (exact) mass is 773 g/mol. The first-order valence-corrected chi connectivity index (χ1v) is 18.7. The van der Waals surface area contributed by atoms with Crippen LogP contribution in [0.5, 0.6) is 5.75 Å². The number of nitrogens with zero attached hydrogens (tertiary/aromatic N) is 6. The Hall–Kier alpha value is -6.45. The van der Waals surface area contributed by atoms with E-state index in [-0.39, 0.29) is 15.7 Å². The molecular formula is C40H39N9O4S2. The van der Waals surface area contributed by atoms with Crippen LogP contribution in [-0.4, -0.2) is 42.1 Å². The minimum atomic E-state index is -0.118. The largest absolute Gasteiger partial charge is 0.497 e. The molecule has 1 amide bonds. The maximum absolute atomic E-state index is 12.2. The van der Waals surface area contributed by atoms with E-state index in [0.29, 0.717) is 29.7 Å². The van der Waals surface area contributed by atoms with Crippen molar-refractivity contribution in [2.45, 2.75) is 27.3 Å². The second-order valence-electron chi connectivity index (χ2n) is 12.4. The number of hydrogen-bond donors (Lipinski definition) is 3. The first-order valence-electron chi connectivity index (χ1n) is 17.1. The molecule has 0 bridgehead atoms. The highest BCUT2D eigenvalue weighted by atomic mass is 32.1. The highest BCUT2D eigenvalue weighted by Crippen LogP contribution is 2.28. The first kappa shape index (κ1) is 38.3. The topological polar surface area (TPSA) is 158 Å². The molecule has 0 aliphatic rings. The van der Waals surface area contributed by atoms with Crippen molar-refractivity contribution < 1.29 is 9.53 Å². The van der Waals surface area contributed by atoms with Crippen LogP contribution in [0.15, 0.2) is 107 Å². The summed E-state index contributed by atoms with van der Waals surface area (Å²) in [6.07, 6.45) is 3.35. The van der Waals surface area contributed by atoms with E-state index in [1.807, 2.05) is 87.5 Å². The molecule has 0 unspecified atom stereocenters. The number of methoxy groups -OCH3 is 1. The standard InChI is InChI=1S/C23H21N5O2S.C17H18N4O2S/c1-15-20(31-23(30)28(15)2)19-11-12-24-22(27-19)26-18-10-6-7-16(13-18)14-25-21(29)17-8-4-3-5-9-17;1-10-5-6-12(23-4)9-14(10)20-16-18-8-7-13(19-16)15-11(2)21(3)17(22)24-15/h3-13H,14H2,1-2H3,(H,25,29)(H,24,26,27);5-9H,1-4H3,(H,18,19,20). The van der Waals surface area contributed by atoms with E-state index >= 15 is 0 Å². The Morgan fingerprint density at radius 3 is 1.89 bits per heavy atom. The second-order valence-corrected chi connectivity index (χ2v) is 14.3. The summed E-state index contributed by atoms with van der Waals surface area (Å²) in [6, 6.07) is 26.2. The summed E-state index contributed by atoms with van der Waals surface area (Å²) < 4.78 is 8.50. The number of carbonyl (C=O) groups is 1. The SMILES string of the molecule is COc1ccc(C)c(Nc2nccc(-c3sc(=O)n(C)c3C)n2)c1.Cc1c(-c2ccnc(Nc3cccc(CNC(=O)c4ccccc4)c3)n2)sc(=O)n1C. The molecule has 15 heteroatoms. The quantitative estimate of drug-likeness (QED) is 0.130. The number of benzene rings is 3. The number of carbonyl (C=O) groups excluding carboxylic acids is 1. The molecule has 13 nitrogen and oxygen atoms in total. The number of anilines is 4. The Balaban J connectivity index is 0.000000193. The third kappa shape index (κ3) is 9.20. The second kappa shape index (κ2) is 17.1. The van der Waals surface area contributed by atoms with E-state index in [9.17, 15) is 14.4 Å². The maximum Gasteiger partial charge on any atom is 0.307 e. The van der Waals surface area contributed by atoms with Gasteiger partial charge in [0.25, 0.3) is 5.91 Å². The molecule has 0 radical (unpaired) electrons. The highest BCUT2D eigenvalue weighted by molar-refractivity contribution is 7.13. The van der Waals surface area contributed by atoms with Crippen molar-refractivity contribution in [3.8, 4) is 26.9 Å². The van der Waals surface area contributed by atoms with Gasteiger partial charge in [-0.15, -0.1) is 0 Å². The third-order valence-corrected chi connectivity index (χ3v) is 11.0. The normalized spacial score (nSPS) is 10.7. The number of aromatic nitrogens is 6. The van der Waals surface area contributed by atoms with Crippen molar-refractivity contribution in [2.75, 3.05) is 17.7 Å². The van der Waals surface area contributed by atoms with Gasteiger partial charge in [0.05, 0.1) is 28.3 Å². The molecule has 7 rings (SSSR count). The lowest BCUT2D eigenvalue weighted by Gasteiger charge is -2.10. The molecule has 0 saturated carbocycles. The van der Waals surface area contributed by atoms with E-state index < -0.39 is 0 Å². The van der Waals surface area contributed by atoms with Gasteiger partial charge in [-0.05, 0) is 74.4 Å². The zero-order valence-corrected chi connectivity index (χ0v) is 32.7. The van der Waals surface area contributed by atoms with E-state index in [1.165, 1.54) is 22.7 Å². The van der Waals surface area contributed by atoms with Gasteiger partial charge in [0.2, 0.25) is 11.9 Å². The average Bonchev–Trinajstić information content (AvgIpc) is 3.62.